The van der Waals surface area contributed by atoms with Crippen molar-refractivity contribution in [3.63, 3.8) is 0 Å². The Morgan fingerprint density at radius 1 is 1.19 bits per heavy atom. The van der Waals surface area contributed by atoms with E-state index in [4.69, 9.17) is 0 Å². The van der Waals surface area contributed by atoms with Crippen LogP contribution in [0.15, 0.2) is 30.3 Å². The Balaban J connectivity index is 2.90. The minimum absolute atomic E-state index is 0.0493. The Hall–Kier alpha value is -0.680. The average molecular weight is 236 g/mol. The van der Waals surface area contributed by atoms with Crippen molar-refractivity contribution in [2.75, 3.05) is 12.3 Å². The molecule has 1 atom stereocenters. The first kappa shape index (κ1) is 13.4. The fraction of sp³-hybridized carbons (Fsp3) is 0.500. The molecule has 1 aromatic rings. The van der Waals surface area contributed by atoms with Crippen LogP contribution in [0.5, 0.6) is 0 Å². The van der Waals surface area contributed by atoms with Crippen molar-refractivity contribution in [3.05, 3.63) is 35.9 Å². The van der Waals surface area contributed by atoms with Crippen molar-refractivity contribution >= 4 is 13.7 Å². The molecule has 1 aromatic carbocycles. The lowest BCUT2D eigenvalue weighted by atomic mass is 10.1. The van der Waals surface area contributed by atoms with Gasteiger partial charge in [0.25, 0.3) is 0 Å². The molecule has 0 bridgehead atoms. The van der Waals surface area contributed by atoms with Crippen LogP contribution in [0, 0.1) is 0 Å². The Labute approximate surface area is 100 Å². The lowest BCUT2D eigenvalue weighted by Gasteiger charge is -2.25. The predicted molar refractivity (Wildman–Crippen MR) is 72.5 cm³/mol. The summed E-state index contributed by atoms with van der Waals surface area (Å²) in [5.41, 5.74) is 1.80. The zero-order valence-corrected chi connectivity index (χ0v) is 11.3. The van der Waals surface area contributed by atoms with E-state index >= 15 is 0 Å². The van der Waals surface area contributed by atoms with Crippen LogP contribution in [0.4, 0.5) is 0 Å². The van der Waals surface area contributed by atoms with Gasteiger partial charge < -0.3 is 0 Å². The number of hydrogen-bond acceptors (Lipinski definition) is 1. The molecule has 0 heterocycles. The maximum absolute atomic E-state index is 11.4. The molecular weight excluding hydrogens is 215 g/mol. The minimum Gasteiger partial charge on any atom is -0.300 e. The van der Waals surface area contributed by atoms with Gasteiger partial charge in [-0.1, -0.05) is 52.1 Å². The Morgan fingerprint density at radius 3 is 2.19 bits per heavy atom. The van der Waals surface area contributed by atoms with E-state index in [0.29, 0.717) is 17.9 Å². The summed E-state index contributed by atoms with van der Waals surface area (Å²) in [5, 5.41) is 0. The topological polar surface area (TPSA) is 17.1 Å². The smallest absolute Gasteiger partial charge is 0.130 e. The van der Waals surface area contributed by atoms with E-state index in [2.05, 4.69) is 38.1 Å². The summed E-state index contributed by atoms with van der Waals surface area (Å²) < 4.78 is 0. The fourth-order valence-electron chi connectivity index (χ4n) is 2.07. The fourth-order valence-corrected chi connectivity index (χ4v) is 4.51. The number of rotatable bonds is 6. The van der Waals surface area contributed by atoms with Gasteiger partial charge in [0.05, 0.1) is 0 Å². The molecule has 0 fully saturated rings. The van der Waals surface area contributed by atoms with Gasteiger partial charge >= 0.3 is 0 Å². The van der Waals surface area contributed by atoms with Gasteiger partial charge in [-0.3, -0.25) is 4.79 Å². The second-order valence-corrected chi connectivity index (χ2v) is 7.12. The Bertz CT molecular complexity index is 317. The highest BCUT2D eigenvalue weighted by molar-refractivity contribution is 7.58. The van der Waals surface area contributed by atoms with Gasteiger partial charge in [0.1, 0.15) is 5.78 Å². The van der Waals surface area contributed by atoms with Gasteiger partial charge in [-0.15, -0.1) is 0 Å². The van der Waals surface area contributed by atoms with Gasteiger partial charge in [0, 0.05) is 12.1 Å². The van der Waals surface area contributed by atoms with E-state index < -0.39 is 0 Å². The number of benzene rings is 1. The zero-order valence-electron chi connectivity index (χ0n) is 10.4. The molecule has 1 nitrogen and oxygen atoms in total. The number of ketones is 1. The molecule has 0 aliphatic carbocycles. The van der Waals surface area contributed by atoms with E-state index in [-0.39, 0.29) is 7.92 Å². The molecule has 16 heavy (non-hydrogen) atoms. The third-order valence-electron chi connectivity index (χ3n) is 2.92. The van der Waals surface area contributed by atoms with Gasteiger partial charge in [0.2, 0.25) is 0 Å². The predicted octanol–water partition coefficient (Wildman–Crippen LogP) is 4.23. The summed E-state index contributed by atoms with van der Waals surface area (Å²) in [5.74, 6) is 0.309. The SMILES string of the molecule is CCP(CC)C(CC(C)=O)c1ccccc1. The van der Waals surface area contributed by atoms with Gasteiger partial charge in [-0.05, 0) is 24.8 Å². The molecule has 88 valence electrons. The van der Waals surface area contributed by atoms with Crippen molar-refractivity contribution < 1.29 is 4.79 Å². The van der Waals surface area contributed by atoms with Crippen LogP contribution in [0.2, 0.25) is 0 Å². The number of hydrogen-bond donors (Lipinski definition) is 0. The third kappa shape index (κ3) is 3.72. The molecule has 0 aliphatic rings. The standard InChI is InChI=1S/C14H21OP/c1-4-16(5-2)14(11-12(3)15)13-9-7-6-8-10-13/h6-10,14H,4-5,11H2,1-3H3. The van der Waals surface area contributed by atoms with Crippen LogP contribution in [0.1, 0.15) is 38.4 Å². The molecule has 1 rings (SSSR count). The third-order valence-corrected chi connectivity index (χ3v) is 5.91. The highest BCUT2D eigenvalue weighted by Gasteiger charge is 2.20. The summed E-state index contributed by atoms with van der Waals surface area (Å²) in [7, 11) is -0.0493. The van der Waals surface area contributed by atoms with Crippen LogP contribution in [-0.2, 0) is 4.79 Å². The summed E-state index contributed by atoms with van der Waals surface area (Å²) in [4.78, 5) is 11.4. The Morgan fingerprint density at radius 2 is 1.75 bits per heavy atom. The van der Waals surface area contributed by atoms with Crippen LogP contribution in [0.3, 0.4) is 0 Å². The van der Waals surface area contributed by atoms with E-state index in [1.165, 1.54) is 17.9 Å². The van der Waals surface area contributed by atoms with Gasteiger partial charge in [-0.2, -0.15) is 0 Å². The summed E-state index contributed by atoms with van der Waals surface area (Å²) >= 11 is 0. The molecule has 0 aromatic heterocycles. The van der Waals surface area contributed by atoms with E-state index in [1.807, 2.05) is 6.07 Å². The van der Waals surface area contributed by atoms with Gasteiger partial charge in [-0.25, -0.2) is 0 Å². The number of Topliss-reactive ketones (excluding diaryl/α,β-unsaturated/α-hetero) is 1. The zero-order chi connectivity index (χ0) is 12.0. The summed E-state index contributed by atoms with van der Waals surface area (Å²) in [6, 6.07) is 10.5. The molecule has 0 aliphatic heterocycles. The minimum atomic E-state index is -0.0493. The van der Waals surface area contributed by atoms with Crippen molar-refractivity contribution in [1.82, 2.24) is 0 Å². The van der Waals surface area contributed by atoms with Crippen LogP contribution in [-0.4, -0.2) is 18.1 Å². The number of carbonyl (C=O) groups is 1. The van der Waals surface area contributed by atoms with E-state index in [1.54, 1.807) is 6.92 Å². The first-order valence-corrected chi connectivity index (χ1v) is 7.75. The highest BCUT2D eigenvalue weighted by Crippen LogP contribution is 2.52. The lowest BCUT2D eigenvalue weighted by molar-refractivity contribution is -0.117. The van der Waals surface area contributed by atoms with Crippen LogP contribution in [0.25, 0.3) is 0 Å². The van der Waals surface area contributed by atoms with Gasteiger partial charge in [0.15, 0.2) is 0 Å². The monoisotopic (exact) mass is 236 g/mol. The molecule has 1 unspecified atom stereocenters. The maximum Gasteiger partial charge on any atom is 0.130 e. The largest absolute Gasteiger partial charge is 0.300 e. The second kappa shape index (κ2) is 6.81. The molecular formula is C14H21OP. The van der Waals surface area contributed by atoms with Crippen LogP contribution < -0.4 is 0 Å². The molecule has 0 spiro atoms. The maximum atomic E-state index is 11.4. The molecule has 0 amide bonds. The van der Waals surface area contributed by atoms with E-state index in [9.17, 15) is 4.79 Å². The first-order valence-electron chi connectivity index (χ1n) is 5.97. The average Bonchev–Trinajstić information content (AvgIpc) is 2.30. The second-order valence-electron chi connectivity index (χ2n) is 4.05. The molecule has 0 N–H and O–H groups in total. The van der Waals surface area contributed by atoms with Crippen molar-refractivity contribution in [3.8, 4) is 0 Å². The molecule has 0 radical (unpaired) electrons. The molecule has 0 saturated heterocycles. The highest BCUT2D eigenvalue weighted by atomic mass is 31.1. The number of carbonyl (C=O) groups excluding carboxylic acids is 1. The van der Waals surface area contributed by atoms with E-state index in [0.717, 1.165) is 0 Å². The Kier molecular flexibility index (Phi) is 5.69. The normalized spacial score (nSPS) is 12.8. The summed E-state index contributed by atoms with van der Waals surface area (Å²) in [6.45, 7) is 6.19. The molecule has 2 heteroatoms. The van der Waals surface area contributed by atoms with Crippen LogP contribution >= 0.6 is 7.92 Å². The lowest BCUT2D eigenvalue weighted by Crippen LogP contribution is -2.05. The van der Waals surface area contributed by atoms with Crippen molar-refractivity contribution in [2.45, 2.75) is 32.9 Å². The van der Waals surface area contributed by atoms with Crippen molar-refractivity contribution in [1.29, 1.82) is 0 Å². The quantitative estimate of drug-likeness (QED) is 0.675. The first-order chi connectivity index (χ1) is 7.69. The summed E-state index contributed by atoms with van der Waals surface area (Å²) in [6.07, 6.45) is 3.12. The van der Waals surface area contributed by atoms with Crippen molar-refractivity contribution in [2.24, 2.45) is 0 Å². The molecule has 0 saturated carbocycles.